The van der Waals surface area contributed by atoms with Gasteiger partial charge in [-0.05, 0) is 55.0 Å². The van der Waals surface area contributed by atoms with Crippen LogP contribution in [0.25, 0.3) is 0 Å². The Kier molecular flexibility index (Phi) is 2.17. The number of methoxy groups -OCH3 is 1. The molecule has 0 bridgehead atoms. The third kappa shape index (κ3) is 1.44. The quantitative estimate of drug-likeness (QED) is 0.754. The molecule has 0 saturated carbocycles. The smallest absolute Gasteiger partial charge is 0.119 e. The number of benzene rings is 1. The van der Waals surface area contributed by atoms with Crippen LogP contribution in [0.2, 0.25) is 0 Å². The number of nitrogens with one attached hydrogen (secondary N) is 1. The molecule has 0 radical (unpaired) electrons. The Labute approximate surface area is 90.6 Å². The fourth-order valence-electron chi connectivity index (χ4n) is 3.01. The van der Waals surface area contributed by atoms with Gasteiger partial charge >= 0.3 is 0 Å². The molecule has 1 heterocycles. The van der Waals surface area contributed by atoms with Crippen molar-refractivity contribution in [1.82, 2.24) is 5.32 Å². The number of hydrogen-bond donors (Lipinski definition) is 1. The van der Waals surface area contributed by atoms with Crippen molar-refractivity contribution in [2.24, 2.45) is 0 Å². The Hall–Kier alpha value is -1.02. The highest BCUT2D eigenvalue weighted by atomic mass is 16.5. The molecule has 1 aliphatic heterocycles. The monoisotopic (exact) mass is 203 g/mol. The normalized spacial score (nSPS) is 28.3. The van der Waals surface area contributed by atoms with Crippen molar-refractivity contribution in [3.05, 3.63) is 29.3 Å². The van der Waals surface area contributed by atoms with Crippen molar-refractivity contribution in [2.45, 2.75) is 31.2 Å². The summed E-state index contributed by atoms with van der Waals surface area (Å²) in [5.41, 5.74) is 3.03. The minimum absolute atomic E-state index is 0.681. The van der Waals surface area contributed by atoms with E-state index in [0.717, 1.165) is 11.7 Å². The van der Waals surface area contributed by atoms with E-state index in [4.69, 9.17) is 4.74 Å². The molecular formula is C13H17NO. The summed E-state index contributed by atoms with van der Waals surface area (Å²) in [5, 5.41) is 3.62. The summed E-state index contributed by atoms with van der Waals surface area (Å²) in [6.07, 6.45) is 3.83. The zero-order valence-electron chi connectivity index (χ0n) is 9.12. The first-order valence-electron chi connectivity index (χ1n) is 5.78. The number of ether oxygens (including phenoxy) is 1. The van der Waals surface area contributed by atoms with Crippen LogP contribution >= 0.6 is 0 Å². The molecule has 2 aliphatic rings. The second kappa shape index (κ2) is 3.53. The van der Waals surface area contributed by atoms with Crippen LogP contribution in [-0.2, 0) is 6.42 Å². The van der Waals surface area contributed by atoms with Gasteiger partial charge in [-0.15, -0.1) is 0 Å². The first kappa shape index (κ1) is 9.22. The van der Waals surface area contributed by atoms with Gasteiger partial charge < -0.3 is 10.1 Å². The summed E-state index contributed by atoms with van der Waals surface area (Å²) in [6, 6.07) is 7.22. The second-order valence-electron chi connectivity index (χ2n) is 4.58. The molecule has 0 aromatic heterocycles. The molecule has 1 N–H and O–H groups in total. The molecule has 2 heteroatoms. The van der Waals surface area contributed by atoms with Gasteiger partial charge in [0, 0.05) is 6.04 Å². The second-order valence-corrected chi connectivity index (χ2v) is 4.58. The van der Waals surface area contributed by atoms with Gasteiger partial charge in [-0.1, -0.05) is 6.07 Å². The predicted octanol–water partition coefficient (Wildman–Crippen LogP) is 2.09. The summed E-state index contributed by atoms with van der Waals surface area (Å²) in [6.45, 7) is 1.19. The summed E-state index contributed by atoms with van der Waals surface area (Å²) in [4.78, 5) is 0. The van der Waals surface area contributed by atoms with E-state index in [1.807, 2.05) is 0 Å². The molecule has 1 aromatic rings. The van der Waals surface area contributed by atoms with E-state index in [9.17, 15) is 0 Å². The lowest BCUT2D eigenvalue weighted by Crippen LogP contribution is -2.37. The highest BCUT2D eigenvalue weighted by Gasteiger charge is 2.33. The van der Waals surface area contributed by atoms with Gasteiger partial charge in [-0.25, -0.2) is 0 Å². The molecule has 3 rings (SSSR count). The van der Waals surface area contributed by atoms with Gasteiger partial charge in [-0.2, -0.15) is 0 Å². The Bertz CT molecular complexity index is 375. The first-order chi connectivity index (χ1) is 7.38. The molecule has 80 valence electrons. The minimum Gasteiger partial charge on any atom is -0.497 e. The van der Waals surface area contributed by atoms with Crippen LogP contribution in [0.15, 0.2) is 18.2 Å². The molecule has 2 unspecified atom stereocenters. The predicted molar refractivity (Wildman–Crippen MR) is 60.5 cm³/mol. The van der Waals surface area contributed by atoms with Crippen LogP contribution in [0.5, 0.6) is 5.75 Å². The third-order valence-electron chi connectivity index (χ3n) is 3.78. The molecular weight excluding hydrogens is 186 g/mol. The fourth-order valence-corrected chi connectivity index (χ4v) is 3.01. The summed E-state index contributed by atoms with van der Waals surface area (Å²) >= 11 is 0. The summed E-state index contributed by atoms with van der Waals surface area (Å²) in [5.74, 6) is 1.73. The van der Waals surface area contributed by atoms with E-state index >= 15 is 0 Å². The number of hydrogen-bond acceptors (Lipinski definition) is 2. The topological polar surface area (TPSA) is 21.3 Å². The molecule has 15 heavy (non-hydrogen) atoms. The van der Waals surface area contributed by atoms with Gasteiger partial charge in [-0.3, -0.25) is 0 Å². The molecule has 0 spiro atoms. The molecule has 1 saturated heterocycles. The van der Waals surface area contributed by atoms with Gasteiger partial charge in [0.2, 0.25) is 0 Å². The SMILES string of the molecule is COc1ccc2c(c1)C1CCCNC1C2. The highest BCUT2D eigenvalue weighted by molar-refractivity contribution is 5.43. The fraction of sp³-hybridized carbons (Fsp3) is 0.538. The van der Waals surface area contributed by atoms with Crippen LogP contribution in [0.1, 0.15) is 29.9 Å². The summed E-state index contributed by atoms with van der Waals surface area (Å²) in [7, 11) is 1.74. The standard InChI is InChI=1S/C13H17NO/c1-15-10-5-4-9-7-13-11(12(9)8-10)3-2-6-14-13/h4-5,8,11,13-14H,2-3,6-7H2,1H3. The molecule has 2 nitrogen and oxygen atoms in total. The van der Waals surface area contributed by atoms with Crippen molar-refractivity contribution in [3.8, 4) is 5.75 Å². The van der Waals surface area contributed by atoms with Crippen molar-refractivity contribution in [3.63, 3.8) is 0 Å². The Morgan fingerprint density at radius 3 is 3.20 bits per heavy atom. The molecule has 1 aromatic carbocycles. The van der Waals surface area contributed by atoms with E-state index in [0.29, 0.717) is 6.04 Å². The Balaban J connectivity index is 1.98. The van der Waals surface area contributed by atoms with Crippen molar-refractivity contribution >= 4 is 0 Å². The van der Waals surface area contributed by atoms with E-state index in [-0.39, 0.29) is 0 Å². The third-order valence-corrected chi connectivity index (χ3v) is 3.78. The minimum atomic E-state index is 0.681. The van der Waals surface area contributed by atoms with E-state index in [2.05, 4.69) is 23.5 Å². The lowest BCUT2D eigenvalue weighted by atomic mass is 9.90. The molecule has 0 amide bonds. The van der Waals surface area contributed by atoms with Crippen LogP contribution in [-0.4, -0.2) is 19.7 Å². The van der Waals surface area contributed by atoms with Crippen LogP contribution in [0, 0.1) is 0 Å². The van der Waals surface area contributed by atoms with Crippen LogP contribution in [0.4, 0.5) is 0 Å². The average molecular weight is 203 g/mol. The Morgan fingerprint density at radius 2 is 2.33 bits per heavy atom. The maximum Gasteiger partial charge on any atom is 0.119 e. The van der Waals surface area contributed by atoms with Crippen molar-refractivity contribution in [2.75, 3.05) is 13.7 Å². The Morgan fingerprint density at radius 1 is 1.40 bits per heavy atom. The van der Waals surface area contributed by atoms with Gasteiger partial charge in [0.05, 0.1) is 7.11 Å². The summed E-state index contributed by atoms with van der Waals surface area (Å²) < 4.78 is 5.30. The average Bonchev–Trinajstić information content (AvgIpc) is 2.66. The van der Waals surface area contributed by atoms with E-state index in [1.54, 1.807) is 7.11 Å². The number of rotatable bonds is 1. The largest absolute Gasteiger partial charge is 0.497 e. The molecule has 1 aliphatic carbocycles. The zero-order valence-corrected chi connectivity index (χ0v) is 9.12. The van der Waals surface area contributed by atoms with E-state index in [1.165, 1.54) is 36.9 Å². The van der Waals surface area contributed by atoms with Crippen LogP contribution < -0.4 is 10.1 Å². The zero-order chi connectivity index (χ0) is 10.3. The lowest BCUT2D eigenvalue weighted by molar-refractivity contribution is 0.371. The van der Waals surface area contributed by atoms with Gasteiger partial charge in [0.1, 0.15) is 5.75 Å². The van der Waals surface area contributed by atoms with Crippen LogP contribution in [0.3, 0.4) is 0 Å². The lowest BCUT2D eigenvalue weighted by Gasteiger charge is -2.27. The van der Waals surface area contributed by atoms with Gasteiger partial charge in [0.15, 0.2) is 0 Å². The molecule has 1 fully saturated rings. The number of piperidine rings is 1. The first-order valence-corrected chi connectivity index (χ1v) is 5.78. The van der Waals surface area contributed by atoms with Gasteiger partial charge in [0.25, 0.3) is 0 Å². The van der Waals surface area contributed by atoms with Crippen molar-refractivity contribution in [1.29, 1.82) is 0 Å². The van der Waals surface area contributed by atoms with Crippen molar-refractivity contribution < 1.29 is 4.74 Å². The highest BCUT2D eigenvalue weighted by Crippen LogP contribution is 2.39. The maximum atomic E-state index is 5.30. The van der Waals surface area contributed by atoms with E-state index < -0.39 is 0 Å². The number of fused-ring (bicyclic) bond motifs is 3. The molecule has 2 atom stereocenters. The maximum absolute atomic E-state index is 5.30.